The van der Waals surface area contributed by atoms with E-state index < -0.39 is 15.6 Å². The molecule has 1 atom stereocenters. The van der Waals surface area contributed by atoms with Crippen LogP contribution in [0.25, 0.3) is 0 Å². The first kappa shape index (κ1) is 15.5. The number of aryl methyl sites for hydroxylation is 2. The minimum Gasteiger partial charge on any atom is -0.271 e. The van der Waals surface area contributed by atoms with E-state index in [1.807, 2.05) is 6.92 Å². The molecule has 1 aromatic rings. The van der Waals surface area contributed by atoms with E-state index >= 15 is 0 Å². The molecular formula is C11H20ClN3O2S. The van der Waals surface area contributed by atoms with E-state index in [9.17, 15) is 8.42 Å². The lowest BCUT2D eigenvalue weighted by molar-refractivity contribution is 0.444. The van der Waals surface area contributed by atoms with Gasteiger partial charge in [0.25, 0.3) is 0 Å². The number of aromatic nitrogens is 2. The Hall–Kier alpha value is -0.590. The van der Waals surface area contributed by atoms with E-state index in [0.29, 0.717) is 17.8 Å². The highest BCUT2D eigenvalue weighted by Gasteiger charge is 2.31. The predicted molar refractivity (Wildman–Crippen MR) is 72.4 cm³/mol. The monoisotopic (exact) mass is 293 g/mol. The van der Waals surface area contributed by atoms with Crippen LogP contribution >= 0.6 is 11.6 Å². The minimum absolute atomic E-state index is 0.223. The summed E-state index contributed by atoms with van der Waals surface area (Å²) in [4.78, 5) is 0.245. The zero-order valence-electron chi connectivity index (χ0n) is 11.4. The van der Waals surface area contributed by atoms with Gasteiger partial charge < -0.3 is 0 Å². The second kappa shape index (κ2) is 5.19. The van der Waals surface area contributed by atoms with Crippen molar-refractivity contribution in [1.82, 2.24) is 14.5 Å². The minimum atomic E-state index is -3.60. The first-order valence-electron chi connectivity index (χ1n) is 5.77. The maximum atomic E-state index is 12.4. The Kier molecular flexibility index (Phi) is 4.46. The molecule has 0 aliphatic carbocycles. The summed E-state index contributed by atoms with van der Waals surface area (Å²) in [6.07, 6.45) is 0.619. The van der Waals surface area contributed by atoms with Crippen molar-refractivity contribution in [2.45, 2.75) is 44.6 Å². The fourth-order valence-corrected chi connectivity index (χ4v) is 3.97. The van der Waals surface area contributed by atoms with Crippen LogP contribution in [0.1, 0.15) is 31.7 Å². The summed E-state index contributed by atoms with van der Waals surface area (Å²) in [5.74, 6) is 0.223. The van der Waals surface area contributed by atoms with Crippen LogP contribution in [-0.4, -0.2) is 29.6 Å². The van der Waals surface area contributed by atoms with E-state index in [0.717, 1.165) is 0 Å². The summed E-state index contributed by atoms with van der Waals surface area (Å²) >= 11 is 5.84. The molecule has 0 aliphatic heterocycles. The number of rotatable bonds is 5. The normalized spacial score (nSPS) is 15.7. The molecular weight excluding hydrogens is 274 g/mol. The molecule has 18 heavy (non-hydrogen) atoms. The topological polar surface area (TPSA) is 64.0 Å². The van der Waals surface area contributed by atoms with E-state index in [1.165, 1.54) is 0 Å². The molecule has 0 fully saturated rings. The fourth-order valence-electron chi connectivity index (χ4n) is 1.71. The maximum absolute atomic E-state index is 12.4. The zero-order chi connectivity index (χ0) is 14.1. The molecule has 0 amide bonds. The van der Waals surface area contributed by atoms with Crippen LogP contribution in [0.4, 0.5) is 0 Å². The number of nitrogens with one attached hydrogen (secondary N) is 1. The van der Waals surface area contributed by atoms with Crippen molar-refractivity contribution in [2.75, 3.05) is 5.88 Å². The van der Waals surface area contributed by atoms with Crippen molar-refractivity contribution in [2.24, 2.45) is 7.05 Å². The highest BCUT2D eigenvalue weighted by Crippen LogP contribution is 2.22. The van der Waals surface area contributed by atoms with Gasteiger partial charge in [-0.3, -0.25) is 4.68 Å². The van der Waals surface area contributed by atoms with Gasteiger partial charge in [0.15, 0.2) is 0 Å². The molecule has 1 rings (SSSR count). The van der Waals surface area contributed by atoms with Gasteiger partial charge in [-0.25, -0.2) is 13.1 Å². The second-order valence-electron chi connectivity index (χ2n) is 4.78. The molecule has 5 nitrogen and oxygen atoms in total. The first-order valence-corrected chi connectivity index (χ1v) is 7.79. The summed E-state index contributed by atoms with van der Waals surface area (Å²) < 4.78 is 29.0. The van der Waals surface area contributed by atoms with Crippen LogP contribution in [0.15, 0.2) is 4.90 Å². The first-order chi connectivity index (χ1) is 8.17. The van der Waals surface area contributed by atoms with Gasteiger partial charge in [-0.05, 0) is 27.2 Å². The van der Waals surface area contributed by atoms with Gasteiger partial charge in [-0.15, -0.1) is 11.6 Å². The average Bonchev–Trinajstić information content (AvgIpc) is 2.52. The van der Waals surface area contributed by atoms with Crippen LogP contribution in [0, 0.1) is 13.8 Å². The third kappa shape index (κ3) is 2.87. The Morgan fingerprint density at radius 3 is 2.33 bits per heavy atom. The predicted octanol–water partition coefficient (Wildman–Crippen LogP) is 1.72. The van der Waals surface area contributed by atoms with Crippen LogP contribution in [0.3, 0.4) is 0 Å². The quantitative estimate of drug-likeness (QED) is 0.841. The lowest BCUT2D eigenvalue weighted by Crippen LogP contribution is -2.47. The maximum Gasteiger partial charge on any atom is 0.244 e. The fraction of sp³-hybridized carbons (Fsp3) is 0.727. The molecule has 0 bridgehead atoms. The van der Waals surface area contributed by atoms with Crippen molar-refractivity contribution in [1.29, 1.82) is 0 Å². The summed E-state index contributed by atoms with van der Waals surface area (Å²) in [6, 6.07) is 0. The second-order valence-corrected chi connectivity index (χ2v) is 6.66. The molecule has 1 aromatic heterocycles. The zero-order valence-corrected chi connectivity index (χ0v) is 13.0. The third-order valence-corrected chi connectivity index (χ3v) is 5.65. The van der Waals surface area contributed by atoms with Crippen LogP contribution in [0.5, 0.6) is 0 Å². The van der Waals surface area contributed by atoms with Gasteiger partial charge in [0, 0.05) is 18.5 Å². The summed E-state index contributed by atoms with van der Waals surface area (Å²) in [5, 5.41) is 4.12. The van der Waals surface area contributed by atoms with Crippen molar-refractivity contribution < 1.29 is 8.42 Å². The van der Waals surface area contributed by atoms with E-state index in [-0.39, 0.29) is 10.8 Å². The average molecular weight is 294 g/mol. The van der Waals surface area contributed by atoms with Crippen molar-refractivity contribution in [3.05, 3.63) is 11.4 Å². The molecule has 0 aromatic carbocycles. The smallest absolute Gasteiger partial charge is 0.244 e. The largest absolute Gasteiger partial charge is 0.271 e. The van der Waals surface area contributed by atoms with E-state index in [1.54, 1.807) is 32.5 Å². The van der Waals surface area contributed by atoms with Crippen LogP contribution in [-0.2, 0) is 17.1 Å². The highest BCUT2D eigenvalue weighted by molar-refractivity contribution is 7.89. The Labute approximate surface area is 114 Å². The number of nitrogens with zero attached hydrogens (tertiary/aromatic N) is 2. The summed E-state index contributed by atoms with van der Waals surface area (Å²) in [7, 11) is -1.88. The van der Waals surface area contributed by atoms with E-state index in [4.69, 9.17) is 11.6 Å². The number of sulfonamides is 1. The number of halogens is 1. The van der Waals surface area contributed by atoms with Crippen molar-refractivity contribution >= 4 is 21.6 Å². The molecule has 1 unspecified atom stereocenters. The molecule has 1 N–H and O–H groups in total. The molecule has 0 spiro atoms. The molecule has 0 saturated heterocycles. The SMILES string of the molecule is CCC(C)(CCl)NS(=O)(=O)c1c(C)nn(C)c1C. The van der Waals surface area contributed by atoms with Gasteiger partial charge in [0.2, 0.25) is 10.0 Å². The van der Waals surface area contributed by atoms with Gasteiger partial charge in [-0.1, -0.05) is 6.92 Å². The van der Waals surface area contributed by atoms with Gasteiger partial charge in [0.1, 0.15) is 4.90 Å². The molecule has 7 heteroatoms. The van der Waals surface area contributed by atoms with Gasteiger partial charge >= 0.3 is 0 Å². The highest BCUT2D eigenvalue weighted by atomic mass is 35.5. The van der Waals surface area contributed by atoms with Gasteiger partial charge in [0.05, 0.1) is 11.4 Å². The molecule has 0 radical (unpaired) electrons. The Balaban J connectivity index is 3.23. The summed E-state index contributed by atoms with van der Waals surface area (Å²) in [5.41, 5.74) is 0.471. The van der Waals surface area contributed by atoms with Crippen LogP contribution in [0.2, 0.25) is 0 Å². The Morgan fingerprint density at radius 1 is 1.44 bits per heavy atom. The Morgan fingerprint density at radius 2 is 2.00 bits per heavy atom. The van der Waals surface area contributed by atoms with Gasteiger partial charge in [-0.2, -0.15) is 5.10 Å². The molecule has 0 aliphatic rings. The molecule has 104 valence electrons. The Bertz CT molecular complexity index is 533. The number of alkyl halides is 1. The summed E-state index contributed by atoms with van der Waals surface area (Å²) in [6.45, 7) is 7.11. The lowest BCUT2D eigenvalue weighted by Gasteiger charge is -2.26. The van der Waals surface area contributed by atoms with Crippen molar-refractivity contribution in [3.63, 3.8) is 0 Å². The molecule has 0 saturated carbocycles. The number of hydrogen-bond acceptors (Lipinski definition) is 3. The third-order valence-electron chi connectivity index (χ3n) is 3.17. The standard InChI is InChI=1S/C11H20ClN3O2S/c1-6-11(4,7-12)14-18(16,17)10-8(2)13-15(5)9(10)3/h14H,6-7H2,1-5H3. The molecule has 1 heterocycles. The van der Waals surface area contributed by atoms with E-state index in [2.05, 4.69) is 9.82 Å². The lowest BCUT2D eigenvalue weighted by atomic mass is 10.0. The van der Waals surface area contributed by atoms with Crippen LogP contribution < -0.4 is 4.72 Å². The number of hydrogen-bond donors (Lipinski definition) is 1. The van der Waals surface area contributed by atoms with Crippen molar-refractivity contribution in [3.8, 4) is 0 Å².